The molecule has 0 aliphatic rings. The molecule has 2 aromatic carbocycles. The summed E-state index contributed by atoms with van der Waals surface area (Å²) in [5.74, 6) is 0.285. The SMILES string of the molecule is CCN(CC)S(=O)(=O)c1cc(NC(=O)COc2ccc(CCC(C)=O)cc2)ccc1C. The van der Waals surface area contributed by atoms with E-state index in [4.69, 9.17) is 4.74 Å². The predicted octanol–water partition coefficient (Wildman–Crippen LogP) is 3.56. The van der Waals surface area contributed by atoms with Gasteiger partial charge in [0.05, 0.1) is 4.90 Å². The molecule has 0 fully saturated rings. The number of hydrogen-bond acceptors (Lipinski definition) is 5. The van der Waals surface area contributed by atoms with Gasteiger partial charge >= 0.3 is 0 Å². The summed E-state index contributed by atoms with van der Waals surface area (Å²) in [7, 11) is -3.63. The Bertz CT molecular complexity index is 1010. The van der Waals surface area contributed by atoms with Crippen molar-refractivity contribution in [1.29, 1.82) is 0 Å². The first-order chi connectivity index (χ1) is 14.7. The lowest BCUT2D eigenvalue weighted by Gasteiger charge is -2.20. The normalized spacial score (nSPS) is 11.4. The van der Waals surface area contributed by atoms with Crippen LogP contribution in [0.3, 0.4) is 0 Å². The molecule has 0 radical (unpaired) electrons. The van der Waals surface area contributed by atoms with Crippen molar-refractivity contribution >= 4 is 27.4 Å². The van der Waals surface area contributed by atoms with Crippen LogP contribution in [0, 0.1) is 6.92 Å². The molecule has 1 N–H and O–H groups in total. The third kappa shape index (κ3) is 6.90. The molecule has 7 nitrogen and oxygen atoms in total. The number of nitrogens with one attached hydrogen (secondary N) is 1. The van der Waals surface area contributed by atoms with Crippen LogP contribution in [-0.4, -0.2) is 44.1 Å². The second-order valence-corrected chi connectivity index (χ2v) is 9.16. The minimum Gasteiger partial charge on any atom is -0.484 e. The lowest BCUT2D eigenvalue weighted by molar-refractivity contribution is -0.118. The summed E-state index contributed by atoms with van der Waals surface area (Å²) in [6.07, 6.45) is 1.16. The van der Waals surface area contributed by atoms with E-state index >= 15 is 0 Å². The molecule has 168 valence electrons. The van der Waals surface area contributed by atoms with E-state index in [9.17, 15) is 18.0 Å². The molecule has 0 saturated heterocycles. The highest BCUT2D eigenvalue weighted by Gasteiger charge is 2.24. The Morgan fingerprint density at radius 1 is 1.03 bits per heavy atom. The van der Waals surface area contributed by atoms with Crippen LogP contribution in [0.1, 0.15) is 38.3 Å². The number of rotatable bonds is 11. The molecule has 8 heteroatoms. The molecule has 0 aliphatic carbocycles. The Hall–Kier alpha value is -2.71. The fraction of sp³-hybridized carbons (Fsp3) is 0.391. The van der Waals surface area contributed by atoms with Gasteiger partial charge in [0, 0.05) is 25.2 Å². The topological polar surface area (TPSA) is 92.8 Å². The van der Waals surface area contributed by atoms with Crippen LogP contribution in [0.4, 0.5) is 5.69 Å². The zero-order valence-electron chi connectivity index (χ0n) is 18.5. The molecule has 0 heterocycles. The molecule has 0 bridgehead atoms. The number of nitrogens with zero attached hydrogens (tertiary/aromatic N) is 1. The summed E-state index contributed by atoms with van der Waals surface area (Å²) in [6.45, 7) is 7.40. The van der Waals surface area contributed by atoms with Gasteiger partial charge in [0.25, 0.3) is 5.91 Å². The van der Waals surface area contributed by atoms with Crippen molar-refractivity contribution in [2.24, 2.45) is 0 Å². The maximum absolute atomic E-state index is 12.8. The van der Waals surface area contributed by atoms with Crippen molar-refractivity contribution in [3.63, 3.8) is 0 Å². The highest BCUT2D eigenvalue weighted by molar-refractivity contribution is 7.89. The molecule has 0 aromatic heterocycles. The van der Waals surface area contributed by atoms with Gasteiger partial charge in [0.2, 0.25) is 10.0 Å². The number of carbonyl (C=O) groups is 2. The Kier molecular flexibility index (Phi) is 8.76. The number of amides is 1. The molecule has 2 rings (SSSR count). The largest absolute Gasteiger partial charge is 0.484 e. The molecular weight excluding hydrogens is 416 g/mol. The Morgan fingerprint density at radius 3 is 2.26 bits per heavy atom. The van der Waals surface area contributed by atoms with Gasteiger partial charge in [-0.15, -0.1) is 0 Å². The van der Waals surface area contributed by atoms with E-state index in [-0.39, 0.29) is 17.3 Å². The number of ether oxygens (including phenoxy) is 1. The van der Waals surface area contributed by atoms with Crippen LogP contribution in [0.2, 0.25) is 0 Å². The van der Waals surface area contributed by atoms with Crippen LogP contribution in [0.5, 0.6) is 5.75 Å². The van der Waals surface area contributed by atoms with Gasteiger partial charge in [0.1, 0.15) is 11.5 Å². The average Bonchev–Trinajstić information content (AvgIpc) is 2.73. The quantitative estimate of drug-likeness (QED) is 0.570. The minimum absolute atomic E-state index is 0.140. The van der Waals surface area contributed by atoms with Gasteiger partial charge in [-0.2, -0.15) is 4.31 Å². The minimum atomic E-state index is -3.63. The van der Waals surface area contributed by atoms with E-state index in [1.54, 1.807) is 52.0 Å². The lowest BCUT2D eigenvalue weighted by Crippen LogP contribution is -2.31. The van der Waals surface area contributed by atoms with Crippen molar-refractivity contribution in [2.45, 2.75) is 45.4 Å². The summed E-state index contributed by atoms with van der Waals surface area (Å²) >= 11 is 0. The number of aryl methyl sites for hydroxylation is 2. The second kappa shape index (κ2) is 11.1. The van der Waals surface area contributed by atoms with Crippen LogP contribution >= 0.6 is 0 Å². The first kappa shape index (κ1) is 24.6. The predicted molar refractivity (Wildman–Crippen MR) is 121 cm³/mol. The van der Waals surface area contributed by atoms with E-state index in [1.807, 2.05) is 12.1 Å². The standard InChI is InChI=1S/C23H30N2O5S/c1-5-25(6-2)31(28,29)22-15-20(12-7-17(22)3)24-23(27)16-30-21-13-10-19(11-14-21)9-8-18(4)26/h7,10-15H,5-6,8-9,16H2,1-4H3,(H,24,27). The van der Waals surface area contributed by atoms with Crippen molar-refractivity contribution in [3.05, 3.63) is 53.6 Å². The van der Waals surface area contributed by atoms with Gasteiger partial charge in [-0.25, -0.2) is 8.42 Å². The Balaban J connectivity index is 2.00. The maximum Gasteiger partial charge on any atom is 0.262 e. The maximum atomic E-state index is 12.8. The summed E-state index contributed by atoms with van der Waals surface area (Å²) in [4.78, 5) is 23.5. The van der Waals surface area contributed by atoms with Gasteiger partial charge in [-0.3, -0.25) is 4.79 Å². The third-order valence-corrected chi connectivity index (χ3v) is 7.05. The van der Waals surface area contributed by atoms with Crippen molar-refractivity contribution in [3.8, 4) is 5.75 Å². The van der Waals surface area contributed by atoms with Crippen LogP contribution < -0.4 is 10.1 Å². The van der Waals surface area contributed by atoms with Crippen LogP contribution in [0.15, 0.2) is 47.4 Å². The zero-order valence-corrected chi connectivity index (χ0v) is 19.3. The van der Waals surface area contributed by atoms with Crippen molar-refractivity contribution in [1.82, 2.24) is 4.31 Å². The summed E-state index contributed by atoms with van der Waals surface area (Å²) in [5.41, 5.74) is 2.03. The molecule has 0 aliphatic heterocycles. The molecule has 1 amide bonds. The van der Waals surface area contributed by atoms with Gasteiger partial charge in [-0.05, 0) is 55.7 Å². The molecule has 2 aromatic rings. The van der Waals surface area contributed by atoms with Crippen molar-refractivity contribution in [2.75, 3.05) is 25.0 Å². The number of hydrogen-bond donors (Lipinski definition) is 1. The number of ketones is 1. The highest BCUT2D eigenvalue weighted by atomic mass is 32.2. The number of anilines is 1. The zero-order chi connectivity index (χ0) is 23.0. The fourth-order valence-electron chi connectivity index (χ4n) is 3.08. The Morgan fingerprint density at radius 2 is 1.68 bits per heavy atom. The summed E-state index contributed by atoms with van der Waals surface area (Å²) < 4.78 is 32.6. The molecule has 0 unspecified atom stereocenters. The number of Topliss-reactive ketones (excluding diaryl/α,β-unsaturated/α-hetero) is 1. The number of carbonyl (C=O) groups excluding carboxylic acids is 2. The highest BCUT2D eigenvalue weighted by Crippen LogP contribution is 2.23. The van der Waals surface area contributed by atoms with Gasteiger partial charge in [-0.1, -0.05) is 32.0 Å². The van der Waals surface area contributed by atoms with E-state index in [0.29, 0.717) is 42.9 Å². The summed E-state index contributed by atoms with van der Waals surface area (Å²) in [6, 6.07) is 12.0. The Labute approximate surface area is 184 Å². The molecule has 0 atom stereocenters. The fourth-order valence-corrected chi connectivity index (χ4v) is 4.79. The second-order valence-electron chi connectivity index (χ2n) is 7.25. The van der Waals surface area contributed by atoms with E-state index in [1.165, 1.54) is 10.4 Å². The molecule has 0 spiro atoms. The molecular formula is C23H30N2O5S. The van der Waals surface area contributed by atoms with E-state index < -0.39 is 15.9 Å². The monoisotopic (exact) mass is 446 g/mol. The van der Waals surface area contributed by atoms with Crippen LogP contribution in [-0.2, 0) is 26.0 Å². The number of sulfonamides is 1. The average molecular weight is 447 g/mol. The van der Waals surface area contributed by atoms with E-state index in [0.717, 1.165) is 5.56 Å². The third-order valence-electron chi connectivity index (χ3n) is 4.85. The first-order valence-corrected chi connectivity index (χ1v) is 11.7. The van der Waals surface area contributed by atoms with Crippen LogP contribution in [0.25, 0.3) is 0 Å². The first-order valence-electron chi connectivity index (χ1n) is 10.3. The molecule has 0 saturated carbocycles. The van der Waals surface area contributed by atoms with Gasteiger partial charge < -0.3 is 14.8 Å². The smallest absolute Gasteiger partial charge is 0.262 e. The number of benzene rings is 2. The van der Waals surface area contributed by atoms with E-state index in [2.05, 4.69) is 5.32 Å². The summed E-state index contributed by atoms with van der Waals surface area (Å²) in [5, 5.41) is 2.69. The van der Waals surface area contributed by atoms with Gasteiger partial charge in [0.15, 0.2) is 6.61 Å². The lowest BCUT2D eigenvalue weighted by atomic mass is 10.1. The molecule has 31 heavy (non-hydrogen) atoms. The van der Waals surface area contributed by atoms with Crippen molar-refractivity contribution < 1.29 is 22.7 Å².